The number of nitrogens with zero attached hydrogens (tertiary/aromatic N) is 3. The van der Waals surface area contributed by atoms with E-state index in [4.69, 9.17) is 31.9 Å². The van der Waals surface area contributed by atoms with Crippen LogP contribution in [0.3, 0.4) is 0 Å². The number of esters is 1. The van der Waals surface area contributed by atoms with Crippen molar-refractivity contribution >= 4 is 58.0 Å². The van der Waals surface area contributed by atoms with Crippen molar-refractivity contribution in [2.45, 2.75) is 59.3 Å². The van der Waals surface area contributed by atoms with E-state index >= 15 is 0 Å². The van der Waals surface area contributed by atoms with Crippen LogP contribution in [-0.4, -0.2) is 77.2 Å². The first-order chi connectivity index (χ1) is 21.9. The van der Waals surface area contributed by atoms with Gasteiger partial charge in [0.1, 0.15) is 5.75 Å². The summed E-state index contributed by atoms with van der Waals surface area (Å²) >= 11 is 6.00. The number of amides is 3. The standard InChI is InChI=1S/C28H31ClN2O6.C5H10N2O2/c1-18-27(30(19(2)32)16-8-6-4-5-7-9-26(34)35)24-17-23(37-20(3)33)14-15-25(24)31(18)28(36)21-10-12-22(29)13-11-21;6-5(8)7-1-3-9-4-2-7/h10-15,17H,4-9,16H2,1-3H3,(H,34,35);1-4H2,(H2,6,8). The van der Waals surface area contributed by atoms with Crippen molar-refractivity contribution in [3.05, 3.63) is 58.7 Å². The molecule has 3 aromatic rings. The van der Waals surface area contributed by atoms with Gasteiger partial charge in [-0.3, -0.25) is 23.7 Å². The normalized spacial score (nSPS) is 12.7. The van der Waals surface area contributed by atoms with Crippen LogP contribution in [0.2, 0.25) is 5.02 Å². The second kappa shape index (κ2) is 17.3. The van der Waals surface area contributed by atoms with Gasteiger partial charge in [-0.2, -0.15) is 0 Å². The monoisotopic (exact) mass is 656 g/mol. The van der Waals surface area contributed by atoms with Gasteiger partial charge < -0.3 is 30.1 Å². The number of benzene rings is 2. The summed E-state index contributed by atoms with van der Waals surface area (Å²) in [4.78, 5) is 62.3. The number of primary amides is 1. The molecule has 3 N–H and O–H groups in total. The fourth-order valence-corrected chi connectivity index (χ4v) is 5.35. The molecule has 2 heterocycles. The van der Waals surface area contributed by atoms with Gasteiger partial charge in [-0.05, 0) is 62.2 Å². The average Bonchev–Trinajstić information content (AvgIpc) is 3.29. The van der Waals surface area contributed by atoms with Crippen molar-refractivity contribution in [1.82, 2.24) is 9.47 Å². The topological polar surface area (TPSA) is 161 Å². The number of carboxylic acid groups (broad SMARTS) is 1. The number of fused-ring (bicyclic) bond motifs is 1. The van der Waals surface area contributed by atoms with Crippen LogP contribution in [0, 0.1) is 6.92 Å². The van der Waals surface area contributed by atoms with E-state index in [-0.39, 0.29) is 24.3 Å². The summed E-state index contributed by atoms with van der Waals surface area (Å²) in [5, 5.41) is 9.92. The zero-order valence-electron chi connectivity index (χ0n) is 26.4. The zero-order valence-corrected chi connectivity index (χ0v) is 27.2. The van der Waals surface area contributed by atoms with E-state index < -0.39 is 11.9 Å². The lowest BCUT2D eigenvalue weighted by atomic mass is 10.1. The van der Waals surface area contributed by atoms with E-state index in [9.17, 15) is 24.0 Å². The van der Waals surface area contributed by atoms with Crippen molar-refractivity contribution in [3.63, 3.8) is 0 Å². The maximum Gasteiger partial charge on any atom is 0.314 e. The molecule has 1 fully saturated rings. The van der Waals surface area contributed by atoms with E-state index in [1.807, 2.05) is 0 Å². The number of ether oxygens (including phenoxy) is 2. The molecule has 1 aliphatic rings. The number of hydrogen-bond acceptors (Lipinski definition) is 7. The van der Waals surface area contributed by atoms with Crippen LogP contribution < -0.4 is 15.4 Å². The van der Waals surface area contributed by atoms with Gasteiger partial charge >= 0.3 is 18.0 Å². The van der Waals surface area contributed by atoms with Gasteiger partial charge in [0, 0.05) is 61.6 Å². The third kappa shape index (κ3) is 10.0. The van der Waals surface area contributed by atoms with Crippen LogP contribution in [0.25, 0.3) is 10.9 Å². The minimum absolute atomic E-state index is 0.157. The summed E-state index contributed by atoms with van der Waals surface area (Å²) in [6, 6.07) is 11.2. The van der Waals surface area contributed by atoms with E-state index in [1.54, 1.807) is 63.8 Å². The molecule has 12 nitrogen and oxygen atoms in total. The summed E-state index contributed by atoms with van der Waals surface area (Å²) in [5.74, 6) is -1.40. The highest BCUT2D eigenvalue weighted by Crippen LogP contribution is 2.37. The first kappa shape index (κ1) is 36.1. The molecule has 0 radical (unpaired) electrons. The molecule has 1 aromatic heterocycles. The van der Waals surface area contributed by atoms with E-state index in [0.717, 1.165) is 19.3 Å². The summed E-state index contributed by atoms with van der Waals surface area (Å²) in [7, 11) is 0. The molecule has 0 bridgehead atoms. The van der Waals surface area contributed by atoms with Crippen LogP contribution in [0.15, 0.2) is 42.5 Å². The van der Waals surface area contributed by atoms with E-state index in [2.05, 4.69) is 0 Å². The largest absolute Gasteiger partial charge is 0.481 e. The number of urea groups is 1. The van der Waals surface area contributed by atoms with Crippen LogP contribution in [0.1, 0.15) is 68.4 Å². The van der Waals surface area contributed by atoms with Crippen molar-refractivity contribution < 1.29 is 38.6 Å². The number of morpholine rings is 1. The fraction of sp³-hybridized carbons (Fsp3) is 0.424. The third-order valence-electron chi connectivity index (χ3n) is 7.44. The molecule has 0 unspecified atom stereocenters. The van der Waals surface area contributed by atoms with Gasteiger partial charge in [0.2, 0.25) is 5.91 Å². The smallest absolute Gasteiger partial charge is 0.314 e. The van der Waals surface area contributed by atoms with Gasteiger partial charge in [0.25, 0.3) is 5.91 Å². The highest BCUT2D eigenvalue weighted by Gasteiger charge is 2.26. The van der Waals surface area contributed by atoms with Crippen molar-refractivity contribution in [3.8, 4) is 5.75 Å². The Bertz CT molecular complexity index is 1550. The number of rotatable bonds is 11. The summed E-state index contributed by atoms with van der Waals surface area (Å²) in [5.41, 5.74) is 7.20. The second-order valence-corrected chi connectivity index (χ2v) is 11.3. The number of carbonyl (C=O) groups is 5. The Morgan fingerprint density at radius 2 is 1.59 bits per heavy atom. The lowest BCUT2D eigenvalue weighted by Crippen LogP contribution is -2.43. The molecular weight excluding hydrogens is 616 g/mol. The number of anilines is 1. The minimum Gasteiger partial charge on any atom is -0.481 e. The summed E-state index contributed by atoms with van der Waals surface area (Å²) in [6.45, 7) is 7.50. The first-order valence-electron chi connectivity index (χ1n) is 15.2. The van der Waals surface area contributed by atoms with Crippen LogP contribution >= 0.6 is 11.6 Å². The molecule has 1 saturated heterocycles. The van der Waals surface area contributed by atoms with Crippen LogP contribution in [-0.2, 0) is 19.1 Å². The molecular formula is C33H41ClN4O8. The van der Waals surface area contributed by atoms with Crippen molar-refractivity contribution in [2.24, 2.45) is 5.73 Å². The predicted octanol–water partition coefficient (Wildman–Crippen LogP) is 5.39. The number of hydrogen-bond donors (Lipinski definition) is 2. The minimum atomic E-state index is -0.795. The Labute approximate surface area is 273 Å². The lowest BCUT2D eigenvalue weighted by Gasteiger charge is -2.24. The fourth-order valence-electron chi connectivity index (χ4n) is 5.22. The molecule has 0 atom stereocenters. The molecule has 4 rings (SSSR count). The average molecular weight is 657 g/mol. The highest BCUT2D eigenvalue weighted by molar-refractivity contribution is 6.30. The summed E-state index contributed by atoms with van der Waals surface area (Å²) < 4.78 is 11.8. The Morgan fingerprint density at radius 1 is 0.957 bits per heavy atom. The van der Waals surface area contributed by atoms with Crippen molar-refractivity contribution in [2.75, 3.05) is 37.7 Å². The number of unbranched alkanes of at least 4 members (excludes halogenated alkanes) is 4. The highest BCUT2D eigenvalue weighted by atomic mass is 35.5. The van der Waals surface area contributed by atoms with Gasteiger partial charge in [0.15, 0.2) is 0 Å². The molecule has 46 heavy (non-hydrogen) atoms. The maximum absolute atomic E-state index is 13.6. The summed E-state index contributed by atoms with van der Waals surface area (Å²) in [6.07, 6.45) is 4.02. The Morgan fingerprint density at radius 3 is 2.15 bits per heavy atom. The zero-order chi connectivity index (χ0) is 33.8. The van der Waals surface area contributed by atoms with Gasteiger partial charge in [-0.25, -0.2) is 4.79 Å². The molecule has 0 aliphatic carbocycles. The molecule has 13 heteroatoms. The Hall–Kier alpha value is -4.42. The lowest BCUT2D eigenvalue weighted by molar-refractivity contribution is -0.137. The molecule has 3 amide bonds. The Kier molecular flexibility index (Phi) is 13.6. The number of aliphatic carboxylic acids is 1. The molecule has 0 spiro atoms. The third-order valence-corrected chi connectivity index (χ3v) is 7.70. The number of carboxylic acids is 1. The number of aromatic nitrogens is 1. The van der Waals surface area contributed by atoms with Gasteiger partial charge in [0.05, 0.1) is 24.4 Å². The van der Waals surface area contributed by atoms with E-state index in [1.165, 1.54) is 13.8 Å². The van der Waals surface area contributed by atoms with Crippen LogP contribution in [0.5, 0.6) is 5.75 Å². The quantitative estimate of drug-likeness (QED) is 0.158. The molecule has 2 aromatic carbocycles. The van der Waals surface area contributed by atoms with Crippen molar-refractivity contribution in [1.29, 1.82) is 0 Å². The number of halogens is 1. The SMILES string of the molecule is CC(=O)Oc1ccc2c(c1)c(N(CCCCCCCC(=O)O)C(C)=O)c(C)n2C(=O)c1ccc(Cl)cc1.NC(=O)N1CCOCC1. The maximum atomic E-state index is 13.6. The number of carbonyl (C=O) groups excluding carboxylic acids is 4. The predicted molar refractivity (Wildman–Crippen MR) is 175 cm³/mol. The first-order valence-corrected chi connectivity index (χ1v) is 15.5. The second-order valence-electron chi connectivity index (χ2n) is 10.9. The van der Waals surface area contributed by atoms with E-state index in [0.29, 0.717) is 84.3 Å². The molecule has 1 aliphatic heterocycles. The van der Waals surface area contributed by atoms with Crippen LogP contribution in [0.4, 0.5) is 10.5 Å². The molecule has 248 valence electrons. The van der Waals surface area contributed by atoms with Gasteiger partial charge in [-0.1, -0.05) is 30.9 Å². The Balaban J connectivity index is 0.000000549. The number of nitrogens with two attached hydrogens (primary N) is 1. The van der Waals surface area contributed by atoms with Gasteiger partial charge in [-0.15, -0.1) is 0 Å². The molecule has 0 saturated carbocycles.